The third-order valence-electron chi connectivity index (χ3n) is 4.34. The van der Waals surface area contributed by atoms with Gasteiger partial charge in [-0.1, -0.05) is 0 Å². The van der Waals surface area contributed by atoms with E-state index in [2.05, 4.69) is 5.10 Å². The Morgan fingerprint density at radius 3 is 2.79 bits per heavy atom. The first kappa shape index (κ1) is 19.9. The predicted molar refractivity (Wildman–Crippen MR) is 96.0 cm³/mol. The van der Waals surface area contributed by atoms with Crippen molar-refractivity contribution in [2.75, 3.05) is 12.3 Å². The smallest absolute Gasteiger partial charge is 0.430 e. The Morgan fingerprint density at radius 1 is 1.43 bits per heavy atom. The van der Waals surface area contributed by atoms with Crippen LogP contribution >= 0.6 is 0 Å². The van der Waals surface area contributed by atoms with Crippen LogP contribution in [0.15, 0.2) is 24.4 Å². The summed E-state index contributed by atoms with van der Waals surface area (Å²) in [7, 11) is 0. The lowest BCUT2D eigenvalue weighted by Gasteiger charge is -2.25. The fourth-order valence-electron chi connectivity index (χ4n) is 3.01. The molecule has 4 atom stereocenters. The van der Waals surface area contributed by atoms with Crippen LogP contribution in [0.1, 0.15) is 32.6 Å². The Morgan fingerprint density at radius 2 is 2.14 bits per heavy atom. The summed E-state index contributed by atoms with van der Waals surface area (Å²) in [5.74, 6) is 0. The van der Waals surface area contributed by atoms with Crippen LogP contribution in [0.5, 0.6) is 0 Å². The van der Waals surface area contributed by atoms with Crippen molar-refractivity contribution in [3.8, 4) is 6.07 Å². The molecule has 0 radical (unpaired) electrons. The van der Waals surface area contributed by atoms with E-state index in [0.29, 0.717) is 16.9 Å². The van der Waals surface area contributed by atoms with Crippen LogP contribution in [0.25, 0.3) is 5.52 Å². The summed E-state index contributed by atoms with van der Waals surface area (Å²) in [5.41, 5.74) is 4.59. The lowest BCUT2D eigenvalue weighted by atomic mass is 9.96. The van der Waals surface area contributed by atoms with Crippen LogP contribution in [0.3, 0.4) is 0 Å². The molecule has 0 aromatic carbocycles. The second-order valence-corrected chi connectivity index (χ2v) is 7.57. The summed E-state index contributed by atoms with van der Waals surface area (Å²) >= 11 is 0. The van der Waals surface area contributed by atoms with E-state index in [1.165, 1.54) is 10.7 Å². The number of fused-ring (bicyclic) bond motifs is 1. The molecule has 1 aliphatic rings. The van der Waals surface area contributed by atoms with E-state index < -0.39 is 42.3 Å². The third-order valence-corrected chi connectivity index (χ3v) is 4.34. The molecule has 3 rings (SSSR count). The van der Waals surface area contributed by atoms with Gasteiger partial charge in [0.2, 0.25) is 5.60 Å². The van der Waals surface area contributed by atoms with Crippen molar-refractivity contribution in [2.24, 2.45) is 0 Å². The molecule has 0 bridgehead atoms. The van der Waals surface area contributed by atoms with E-state index in [9.17, 15) is 20.3 Å². The molecule has 0 unspecified atom stereocenters. The molecule has 10 nitrogen and oxygen atoms in total. The summed E-state index contributed by atoms with van der Waals surface area (Å²) in [5, 5.41) is 34.7. The highest BCUT2D eigenvalue weighted by Crippen LogP contribution is 2.40. The van der Waals surface area contributed by atoms with Crippen LogP contribution in [-0.4, -0.2) is 56.0 Å². The first-order valence-corrected chi connectivity index (χ1v) is 8.61. The van der Waals surface area contributed by atoms with Gasteiger partial charge >= 0.3 is 6.16 Å². The summed E-state index contributed by atoms with van der Waals surface area (Å²) in [6, 6.07) is 6.74. The second-order valence-electron chi connectivity index (χ2n) is 7.57. The number of hydrogen-bond acceptors (Lipinski definition) is 9. The number of aliphatic hydroxyl groups excluding tert-OH is 2. The Labute approximate surface area is 161 Å². The summed E-state index contributed by atoms with van der Waals surface area (Å²) < 4.78 is 17.1. The van der Waals surface area contributed by atoms with E-state index in [1.54, 1.807) is 39.0 Å². The summed E-state index contributed by atoms with van der Waals surface area (Å²) in [6.45, 7) is 4.36. The van der Waals surface area contributed by atoms with Gasteiger partial charge in [0.15, 0.2) is 0 Å². The quantitative estimate of drug-likeness (QED) is 0.649. The number of ether oxygens (including phenoxy) is 3. The maximum absolute atomic E-state index is 11.8. The zero-order valence-corrected chi connectivity index (χ0v) is 15.7. The maximum atomic E-state index is 11.8. The zero-order chi connectivity index (χ0) is 20.7. The fourth-order valence-corrected chi connectivity index (χ4v) is 3.01. The second kappa shape index (κ2) is 6.94. The van der Waals surface area contributed by atoms with Gasteiger partial charge in [0.05, 0.1) is 16.9 Å². The molecule has 1 saturated heterocycles. The fraction of sp³-hybridized carbons (Fsp3) is 0.500. The minimum atomic E-state index is -1.97. The van der Waals surface area contributed by atoms with Crippen molar-refractivity contribution in [3.05, 3.63) is 30.1 Å². The van der Waals surface area contributed by atoms with E-state index in [1.807, 2.05) is 6.07 Å². The number of nitrogen functional groups attached to an aromatic ring is 1. The summed E-state index contributed by atoms with van der Waals surface area (Å²) in [4.78, 5) is 11.8. The maximum Gasteiger partial charge on any atom is 0.508 e. The van der Waals surface area contributed by atoms with E-state index in [0.717, 1.165) is 0 Å². The number of anilines is 1. The molecule has 1 aliphatic heterocycles. The SMILES string of the molecule is CC(C)(C)OC(=O)OC[C@@]1(C#N)O[C@@H](c2ccc3c(N)ccnn23)[C@H](O)[C@@H]1O. The molecule has 4 N–H and O–H groups in total. The van der Waals surface area contributed by atoms with E-state index in [4.69, 9.17) is 19.9 Å². The molecule has 2 aromatic heterocycles. The molecular weight excluding hydrogens is 368 g/mol. The molecule has 0 aliphatic carbocycles. The first-order chi connectivity index (χ1) is 13.1. The van der Waals surface area contributed by atoms with Gasteiger partial charge in [0.1, 0.15) is 36.6 Å². The molecule has 0 saturated carbocycles. The standard InChI is InChI=1S/C18H22N4O6/c1-17(2,3)28-16(25)26-9-18(8-19)15(24)13(23)14(27-18)12-5-4-11-10(20)6-7-21-22(11)12/h4-7,13-15,23-24H,9,20H2,1-3H3/t13-,14-,15-,18+/m0/s1. The third kappa shape index (κ3) is 3.47. The molecule has 10 heteroatoms. The van der Waals surface area contributed by atoms with Gasteiger partial charge in [0, 0.05) is 6.20 Å². The number of carbonyl (C=O) groups is 1. The lowest BCUT2D eigenvalue weighted by Crippen LogP contribution is -2.46. The van der Waals surface area contributed by atoms with Crippen LogP contribution in [0.4, 0.5) is 10.5 Å². The Kier molecular flexibility index (Phi) is 4.93. The number of carbonyl (C=O) groups excluding carboxylic acids is 1. The minimum absolute atomic E-state index is 0.392. The number of nitrogens with zero attached hydrogens (tertiary/aromatic N) is 3. The first-order valence-electron chi connectivity index (χ1n) is 8.61. The molecular formula is C18H22N4O6. The summed E-state index contributed by atoms with van der Waals surface area (Å²) in [6.07, 6.45) is -3.71. The average Bonchev–Trinajstić information content (AvgIpc) is 3.14. The van der Waals surface area contributed by atoms with Crippen molar-refractivity contribution in [1.82, 2.24) is 9.61 Å². The highest BCUT2D eigenvalue weighted by molar-refractivity contribution is 5.69. The highest BCUT2D eigenvalue weighted by atomic mass is 16.7. The normalized spacial score (nSPS) is 27.5. The van der Waals surface area contributed by atoms with Crippen LogP contribution in [0.2, 0.25) is 0 Å². The van der Waals surface area contributed by atoms with Gasteiger partial charge in [-0.2, -0.15) is 10.4 Å². The number of nitriles is 1. The average molecular weight is 390 g/mol. The van der Waals surface area contributed by atoms with E-state index in [-0.39, 0.29) is 0 Å². The van der Waals surface area contributed by atoms with Gasteiger partial charge < -0.3 is 30.2 Å². The zero-order valence-electron chi connectivity index (χ0n) is 15.7. The van der Waals surface area contributed by atoms with Crippen molar-refractivity contribution in [3.63, 3.8) is 0 Å². The van der Waals surface area contributed by atoms with Gasteiger partial charge in [-0.05, 0) is 39.0 Å². The largest absolute Gasteiger partial charge is 0.508 e. The number of hydrogen-bond donors (Lipinski definition) is 3. The van der Waals surface area contributed by atoms with Crippen LogP contribution < -0.4 is 5.73 Å². The molecule has 1 fully saturated rings. The number of aromatic nitrogens is 2. The number of rotatable bonds is 3. The molecule has 150 valence electrons. The number of aliphatic hydroxyl groups is 2. The topological polar surface area (TPSA) is 152 Å². The molecule has 0 spiro atoms. The number of nitrogens with two attached hydrogens (primary N) is 1. The van der Waals surface area contributed by atoms with Crippen molar-refractivity contribution in [1.29, 1.82) is 5.26 Å². The molecule has 3 heterocycles. The van der Waals surface area contributed by atoms with Crippen molar-refractivity contribution >= 4 is 17.4 Å². The van der Waals surface area contributed by atoms with Crippen molar-refractivity contribution < 1.29 is 29.2 Å². The van der Waals surface area contributed by atoms with Gasteiger partial charge in [-0.25, -0.2) is 9.31 Å². The minimum Gasteiger partial charge on any atom is -0.430 e. The van der Waals surface area contributed by atoms with Gasteiger partial charge in [-0.3, -0.25) is 0 Å². The van der Waals surface area contributed by atoms with Crippen LogP contribution in [0, 0.1) is 11.3 Å². The predicted octanol–water partition coefficient (Wildman–Crippen LogP) is 0.924. The van der Waals surface area contributed by atoms with Gasteiger partial charge in [-0.15, -0.1) is 0 Å². The highest BCUT2D eigenvalue weighted by Gasteiger charge is 2.57. The Balaban J connectivity index is 1.84. The molecule has 28 heavy (non-hydrogen) atoms. The van der Waals surface area contributed by atoms with Crippen LogP contribution in [-0.2, 0) is 14.2 Å². The van der Waals surface area contributed by atoms with E-state index >= 15 is 0 Å². The molecule has 0 amide bonds. The molecule has 2 aromatic rings. The monoisotopic (exact) mass is 390 g/mol. The Bertz CT molecular complexity index is 930. The van der Waals surface area contributed by atoms with Gasteiger partial charge in [0.25, 0.3) is 0 Å². The van der Waals surface area contributed by atoms with Crippen molar-refractivity contribution in [2.45, 2.75) is 50.3 Å². The lowest BCUT2D eigenvalue weighted by molar-refractivity contribution is -0.0932. The Hall–Kier alpha value is -2.87.